The van der Waals surface area contributed by atoms with Gasteiger partial charge in [-0.3, -0.25) is 9.59 Å². The van der Waals surface area contributed by atoms with E-state index in [1.165, 1.54) is 0 Å². The number of benzene rings is 2. The second-order valence-electron chi connectivity index (χ2n) is 9.81. The summed E-state index contributed by atoms with van der Waals surface area (Å²) in [5.74, 6) is -1.72. The van der Waals surface area contributed by atoms with Crippen LogP contribution in [-0.2, 0) is 39.8 Å². The highest BCUT2D eigenvalue weighted by Crippen LogP contribution is 2.30. The predicted octanol–water partition coefficient (Wildman–Crippen LogP) is 4.02. The number of rotatable bonds is 18. The zero-order chi connectivity index (χ0) is 30.9. The molecule has 0 heterocycles. The fraction of sp³-hybridized carbons (Fsp3) is 0.438. The van der Waals surface area contributed by atoms with Crippen molar-refractivity contribution in [3.8, 4) is 11.5 Å². The molecule has 1 aliphatic rings. The van der Waals surface area contributed by atoms with Crippen molar-refractivity contribution in [1.82, 2.24) is 0 Å². The molecule has 2 aromatic carbocycles. The molecule has 0 atom stereocenters. The average Bonchev–Trinajstić information content (AvgIpc) is 3.02. The minimum absolute atomic E-state index is 0.160. The second kappa shape index (κ2) is 18.3. The molecule has 0 spiro atoms. The van der Waals surface area contributed by atoms with Crippen LogP contribution in [0.1, 0.15) is 41.6 Å². The standard InChI is InChI=1S/C32H38O11/c1-2-29(33)41-22-20-39-18-17-38-19-21-40-27-13-9-25(10-14-27)31(36)42-16-15-23-3-11-28(12-4-23)43-32(37)26-7-5-24(6-8-26)30(34)35/h2-4,9-14,24,26H,1,5-8,15-22H2,(H,34,35). The third-order valence-corrected chi connectivity index (χ3v) is 6.77. The van der Waals surface area contributed by atoms with E-state index in [9.17, 15) is 19.2 Å². The van der Waals surface area contributed by atoms with Crippen molar-refractivity contribution in [2.75, 3.05) is 46.2 Å². The Hall–Kier alpha value is -4.22. The van der Waals surface area contributed by atoms with Gasteiger partial charge in [0.15, 0.2) is 0 Å². The molecule has 0 radical (unpaired) electrons. The summed E-state index contributed by atoms with van der Waals surface area (Å²) in [6.07, 6.45) is 3.59. The highest BCUT2D eigenvalue weighted by Gasteiger charge is 2.30. The van der Waals surface area contributed by atoms with Crippen LogP contribution in [0.15, 0.2) is 61.2 Å². The normalized spacial score (nSPS) is 16.1. The van der Waals surface area contributed by atoms with Gasteiger partial charge < -0.3 is 33.5 Å². The number of carboxylic acid groups (broad SMARTS) is 1. The number of esters is 3. The molecular weight excluding hydrogens is 560 g/mol. The van der Waals surface area contributed by atoms with Gasteiger partial charge in [-0.15, -0.1) is 0 Å². The largest absolute Gasteiger partial charge is 0.491 e. The molecule has 0 unspecified atom stereocenters. The van der Waals surface area contributed by atoms with Crippen LogP contribution >= 0.6 is 0 Å². The van der Waals surface area contributed by atoms with E-state index in [0.717, 1.165) is 11.6 Å². The van der Waals surface area contributed by atoms with Gasteiger partial charge >= 0.3 is 23.9 Å². The average molecular weight is 599 g/mol. The van der Waals surface area contributed by atoms with Crippen LogP contribution in [-0.4, -0.2) is 75.2 Å². The summed E-state index contributed by atoms with van der Waals surface area (Å²) in [7, 11) is 0. The molecule has 0 saturated heterocycles. The SMILES string of the molecule is C=CC(=O)OCCOCCOCCOc1ccc(C(=O)OCCc2ccc(OC(=O)C3CCC(C(=O)O)CC3)cc2)cc1. The first-order chi connectivity index (χ1) is 20.9. The summed E-state index contributed by atoms with van der Waals surface area (Å²) in [5, 5.41) is 9.10. The summed E-state index contributed by atoms with van der Waals surface area (Å²) in [5.41, 5.74) is 1.32. The highest BCUT2D eigenvalue weighted by molar-refractivity contribution is 5.89. The first-order valence-corrected chi connectivity index (χ1v) is 14.2. The Morgan fingerprint density at radius 2 is 1.30 bits per heavy atom. The van der Waals surface area contributed by atoms with Crippen LogP contribution in [0.25, 0.3) is 0 Å². The molecule has 1 fully saturated rings. The lowest BCUT2D eigenvalue weighted by Gasteiger charge is -2.24. The molecule has 1 saturated carbocycles. The van der Waals surface area contributed by atoms with Crippen LogP contribution in [0.2, 0.25) is 0 Å². The summed E-state index contributed by atoms with van der Waals surface area (Å²) in [4.78, 5) is 46.8. The molecule has 11 heteroatoms. The van der Waals surface area contributed by atoms with Gasteiger partial charge in [0.05, 0.1) is 50.4 Å². The zero-order valence-electron chi connectivity index (χ0n) is 24.1. The molecule has 2 aromatic rings. The number of hydrogen-bond acceptors (Lipinski definition) is 10. The number of carbonyl (C=O) groups excluding carboxylic acids is 3. The minimum Gasteiger partial charge on any atom is -0.491 e. The third-order valence-electron chi connectivity index (χ3n) is 6.77. The topological polar surface area (TPSA) is 144 Å². The van der Waals surface area contributed by atoms with Crippen LogP contribution < -0.4 is 9.47 Å². The highest BCUT2D eigenvalue weighted by atomic mass is 16.6. The van der Waals surface area contributed by atoms with Gasteiger partial charge in [0.25, 0.3) is 0 Å². The maximum atomic E-state index is 12.4. The molecule has 0 aliphatic heterocycles. The van der Waals surface area contributed by atoms with Crippen molar-refractivity contribution >= 4 is 23.9 Å². The van der Waals surface area contributed by atoms with Crippen molar-refractivity contribution in [2.24, 2.45) is 11.8 Å². The fourth-order valence-corrected chi connectivity index (χ4v) is 4.33. The lowest BCUT2D eigenvalue weighted by atomic mass is 9.82. The monoisotopic (exact) mass is 598 g/mol. The van der Waals surface area contributed by atoms with E-state index in [1.807, 2.05) is 12.1 Å². The molecule has 232 valence electrons. The van der Waals surface area contributed by atoms with E-state index in [0.29, 0.717) is 75.6 Å². The molecule has 0 amide bonds. The van der Waals surface area contributed by atoms with Gasteiger partial charge in [-0.05, 0) is 67.6 Å². The summed E-state index contributed by atoms with van der Waals surface area (Å²) < 4.78 is 31.9. The smallest absolute Gasteiger partial charge is 0.338 e. The van der Waals surface area contributed by atoms with Gasteiger partial charge in [0.1, 0.15) is 24.7 Å². The molecular formula is C32H38O11. The Morgan fingerprint density at radius 3 is 1.93 bits per heavy atom. The Labute approximate surface area is 250 Å². The van der Waals surface area contributed by atoms with Gasteiger partial charge in [-0.25, -0.2) is 9.59 Å². The summed E-state index contributed by atoms with van der Waals surface area (Å²) >= 11 is 0. The number of hydrogen-bond donors (Lipinski definition) is 1. The Kier molecular flexibility index (Phi) is 14.2. The Morgan fingerprint density at radius 1 is 0.721 bits per heavy atom. The van der Waals surface area contributed by atoms with Crippen molar-refractivity contribution < 1.29 is 52.7 Å². The number of ether oxygens (including phenoxy) is 6. The van der Waals surface area contributed by atoms with Crippen LogP contribution in [0, 0.1) is 11.8 Å². The molecule has 0 bridgehead atoms. The molecule has 1 aliphatic carbocycles. The lowest BCUT2D eigenvalue weighted by Crippen LogP contribution is -2.28. The minimum atomic E-state index is -0.807. The summed E-state index contributed by atoms with van der Waals surface area (Å²) in [6.45, 7) is 5.35. The van der Waals surface area contributed by atoms with Crippen LogP contribution in [0.5, 0.6) is 11.5 Å². The van der Waals surface area contributed by atoms with Crippen molar-refractivity contribution in [1.29, 1.82) is 0 Å². The van der Waals surface area contributed by atoms with E-state index in [4.69, 9.17) is 33.5 Å². The van der Waals surface area contributed by atoms with Gasteiger partial charge in [0, 0.05) is 12.5 Å². The van der Waals surface area contributed by atoms with E-state index in [1.54, 1.807) is 36.4 Å². The first kappa shape index (κ1) is 33.3. The van der Waals surface area contributed by atoms with Crippen LogP contribution in [0.3, 0.4) is 0 Å². The molecule has 3 rings (SSSR count). The molecule has 43 heavy (non-hydrogen) atoms. The van der Waals surface area contributed by atoms with Crippen molar-refractivity contribution in [2.45, 2.75) is 32.1 Å². The van der Waals surface area contributed by atoms with Gasteiger partial charge in [-0.1, -0.05) is 18.7 Å². The lowest BCUT2D eigenvalue weighted by molar-refractivity contribution is -0.146. The van der Waals surface area contributed by atoms with Gasteiger partial charge in [-0.2, -0.15) is 0 Å². The first-order valence-electron chi connectivity index (χ1n) is 14.2. The van der Waals surface area contributed by atoms with Crippen molar-refractivity contribution in [3.05, 3.63) is 72.3 Å². The van der Waals surface area contributed by atoms with Gasteiger partial charge in [0.2, 0.25) is 0 Å². The third kappa shape index (κ3) is 12.3. The number of carboxylic acids is 1. The van der Waals surface area contributed by atoms with E-state index < -0.39 is 17.9 Å². The number of carbonyl (C=O) groups is 4. The molecule has 1 N–H and O–H groups in total. The van der Waals surface area contributed by atoms with E-state index in [2.05, 4.69) is 6.58 Å². The quantitative estimate of drug-likeness (QED) is 0.115. The summed E-state index contributed by atoms with van der Waals surface area (Å²) in [6, 6.07) is 13.6. The maximum absolute atomic E-state index is 12.4. The van der Waals surface area contributed by atoms with E-state index in [-0.39, 0.29) is 37.6 Å². The fourth-order valence-electron chi connectivity index (χ4n) is 4.33. The Bertz CT molecular complexity index is 1180. The zero-order valence-corrected chi connectivity index (χ0v) is 24.1. The van der Waals surface area contributed by atoms with E-state index >= 15 is 0 Å². The molecule has 11 nitrogen and oxygen atoms in total. The van der Waals surface area contributed by atoms with Crippen molar-refractivity contribution in [3.63, 3.8) is 0 Å². The maximum Gasteiger partial charge on any atom is 0.338 e. The van der Waals surface area contributed by atoms with Crippen LogP contribution in [0.4, 0.5) is 0 Å². The Balaban J connectivity index is 1.25. The molecule has 0 aromatic heterocycles. The number of aliphatic carboxylic acids is 1. The predicted molar refractivity (Wildman–Crippen MR) is 154 cm³/mol. The second-order valence-corrected chi connectivity index (χ2v) is 9.81.